The Morgan fingerprint density at radius 2 is 1.76 bits per heavy atom. The Hall–Kier alpha value is 1.80. The minimum Gasteiger partial charge on any atom is -0.396 e. The molecule has 0 rings (SSSR count). The van der Waals surface area contributed by atoms with Gasteiger partial charge in [0.2, 0.25) is 5.91 Å². The maximum atomic E-state index is 11.7. The van der Waals surface area contributed by atoms with Crippen LogP contribution in [0.1, 0.15) is 6.42 Å². The number of aliphatic hydroxyl groups excluding tert-OH is 1. The van der Waals surface area contributed by atoms with Crippen LogP contribution in [0, 0.1) is 0 Å². The summed E-state index contributed by atoms with van der Waals surface area (Å²) in [5.41, 5.74) is 0. The largest absolute Gasteiger partial charge is 1.00 e. The molecule has 0 aromatic carbocycles. The van der Waals surface area contributed by atoms with Crippen molar-refractivity contribution in [1.82, 2.24) is 9.76 Å². The van der Waals surface area contributed by atoms with Crippen LogP contribution in [0.3, 0.4) is 0 Å². The second kappa shape index (κ2) is 11.6. The van der Waals surface area contributed by atoms with Crippen molar-refractivity contribution < 1.29 is 70.7 Å². The summed E-state index contributed by atoms with van der Waals surface area (Å²) in [7, 11) is -3.97. The smallest absolute Gasteiger partial charge is 0.396 e. The first-order chi connectivity index (χ1) is 7.47. The number of alkyl halides is 2. The van der Waals surface area contributed by atoms with E-state index in [1.807, 2.05) is 5.09 Å². The molecule has 1 amide bonds. The van der Waals surface area contributed by atoms with Crippen molar-refractivity contribution in [2.24, 2.45) is 0 Å². The molecule has 0 spiro atoms. The first kappa shape index (κ1) is 21.1. The van der Waals surface area contributed by atoms with Crippen LogP contribution >= 0.6 is 30.9 Å². The Morgan fingerprint density at radius 1 is 1.29 bits per heavy atom. The Balaban J connectivity index is 0. The molecule has 0 bridgehead atoms. The number of amides is 1. The summed E-state index contributed by atoms with van der Waals surface area (Å²) in [4.78, 5) is 20.7. The topological polar surface area (TPSA) is 89.9 Å². The molecular formula is C7H15Cl2KN2O4P+. The van der Waals surface area contributed by atoms with E-state index in [-0.39, 0.29) is 89.3 Å². The van der Waals surface area contributed by atoms with E-state index in [9.17, 15) is 14.3 Å². The van der Waals surface area contributed by atoms with Gasteiger partial charge in [0.1, 0.15) is 0 Å². The molecule has 0 heterocycles. The molecule has 0 aromatic rings. The zero-order valence-corrected chi connectivity index (χ0v) is 15.1. The van der Waals surface area contributed by atoms with Gasteiger partial charge in [-0.3, -0.25) is 9.88 Å². The zero-order valence-electron chi connectivity index (χ0n) is 9.60. The predicted molar refractivity (Wildman–Crippen MR) is 62.7 cm³/mol. The minimum atomic E-state index is -3.97. The van der Waals surface area contributed by atoms with Gasteiger partial charge in [-0.25, -0.2) is 9.24 Å². The third kappa shape index (κ3) is 9.35. The third-order valence-corrected chi connectivity index (χ3v) is 3.72. The predicted octanol–water partition coefficient (Wildman–Crippen LogP) is -2.63. The molecule has 10 heteroatoms. The van der Waals surface area contributed by atoms with Crippen molar-refractivity contribution >= 4 is 36.8 Å². The Labute approximate surface area is 153 Å². The summed E-state index contributed by atoms with van der Waals surface area (Å²) < 4.78 is 12.8. The van der Waals surface area contributed by atoms with Crippen molar-refractivity contribution in [3.63, 3.8) is 0 Å². The fourth-order valence-electron chi connectivity index (χ4n) is 0.969. The van der Waals surface area contributed by atoms with E-state index >= 15 is 0 Å². The normalized spacial score (nSPS) is 13.9. The SMILES string of the molecule is O=C(CCO)NP(=O)(O)N(CCCl)CCCl.[K+]. The number of aliphatic hydroxyl groups is 1. The van der Waals surface area contributed by atoms with Gasteiger partial charge >= 0.3 is 59.1 Å². The van der Waals surface area contributed by atoms with Crippen molar-refractivity contribution in [3.05, 3.63) is 0 Å². The minimum absolute atomic E-state index is 0. The maximum Gasteiger partial charge on any atom is 1.00 e. The Kier molecular flexibility index (Phi) is 14.4. The van der Waals surface area contributed by atoms with Crippen molar-refractivity contribution in [2.75, 3.05) is 31.5 Å². The van der Waals surface area contributed by atoms with Crippen molar-refractivity contribution in [2.45, 2.75) is 6.42 Å². The summed E-state index contributed by atoms with van der Waals surface area (Å²) in [5, 5.41) is 10.4. The second-order valence-electron chi connectivity index (χ2n) is 2.88. The number of nitrogens with zero attached hydrogens (tertiary/aromatic N) is 1. The first-order valence-corrected chi connectivity index (χ1v) is 7.28. The van der Waals surface area contributed by atoms with E-state index in [0.29, 0.717) is 0 Å². The quantitative estimate of drug-likeness (QED) is 0.257. The van der Waals surface area contributed by atoms with E-state index < -0.39 is 13.6 Å². The number of rotatable bonds is 8. The van der Waals surface area contributed by atoms with E-state index in [1.54, 1.807) is 0 Å². The van der Waals surface area contributed by atoms with Crippen molar-refractivity contribution in [3.8, 4) is 0 Å². The van der Waals surface area contributed by atoms with Crippen molar-refractivity contribution in [1.29, 1.82) is 0 Å². The Bertz CT molecular complexity index is 266. The molecule has 6 nitrogen and oxygen atoms in total. The van der Waals surface area contributed by atoms with Crippen LogP contribution < -0.4 is 56.5 Å². The number of nitrogens with one attached hydrogen (secondary N) is 1. The third-order valence-electron chi connectivity index (χ3n) is 1.68. The molecule has 0 radical (unpaired) electrons. The van der Waals surface area contributed by atoms with Crippen LogP contribution in [-0.2, 0) is 9.36 Å². The van der Waals surface area contributed by atoms with Gasteiger partial charge in [0.05, 0.1) is 13.0 Å². The van der Waals surface area contributed by atoms with Crippen LogP contribution in [0.4, 0.5) is 0 Å². The van der Waals surface area contributed by atoms with E-state index in [0.717, 1.165) is 4.67 Å². The van der Waals surface area contributed by atoms with Gasteiger partial charge < -0.3 is 10.00 Å². The summed E-state index contributed by atoms with van der Waals surface area (Å²) in [6, 6.07) is 0. The zero-order chi connectivity index (χ0) is 12.6. The molecule has 0 aliphatic heterocycles. The van der Waals surface area contributed by atoms with Gasteiger partial charge in [0.25, 0.3) is 0 Å². The molecule has 3 N–H and O–H groups in total. The fraction of sp³-hybridized carbons (Fsp3) is 0.857. The summed E-state index contributed by atoms with van der Waals surface area (Å²) >= 11 is 10.9. The van der Waals surface area contributed by atoms with Crippen LogP contribution in [0.2, 0.25) is 0 Å². The van der Waals surface area contributed by atoms with E-state index in [4.69, 9.17) is 28.3 Å². The summed E-state index contributed by atoms with van der Waals surface area (Å²) in [5.74, 6) is -0.392. The van der Waals surface area contributed by atoms with Gasteiger partial charge in [-0.05, 0) is 0 Å². The van der Waals surface area contributed by atoms with E-state index in [2.05, 4.69) is 0 Å². The number of carbonyl (C=O) groups is 1. The standard InChI is InChI=1S/C7H15Cl2N2O4P.K/c8-2-4-11(5-3-9)16(14,15)10-7(13)1-6-12;/h12H,1-6H2,(H2,10,13,14,15);/q;+1. The monoisotopic (exact) mass is 331 g/mol. The number of carbonyl (C=O) groups excluding carboxylic acids is 1. The van der Waals surface area contributed by atoms with E-state index in [1.165, 1.54) is 0 Å². The summed E-state index contributed by atoms with van der Waals surface area (Å²) in [6.45, 7) is -0.0975. The molecule has 0 saturated heterocycles. The molecule has 1 atom stereocenters. The van der Waals surface area contributed by atoms with Crippen LogP contribution in [0.5, 0.6) is 0 Å². The molecule has 0 saturated carbocycles. The fourth-order valence-corrected chi connectivity index (χ4v) is 2.93. The number of hydrogen-bond acceptors (Lipinski definition) is 3. The van der Waals surface area contributed by atoms with Gasteiger partial charge in [-0.2, -0.15) is 0 Å². The number of hydrogen-bond donors (Lipinski definition) is 3. The molecule has 17 heavy (non-hydrogen) atoms. The molecule has 0 aromatic heterocycles. The molecular weight excluding hydrogens is 317 g/mol. The Morgan fingerprint density at radius 3 is 2.12 bits per heavy atom. The van der Waals surface area contributed by atoms with Gasteiger partial charge in [-0.15, -0.1) is 23.2 Å². The molecule has 96 valence electrons. The second-order valence-corrected chi connectivity index (χ2v) is 5.52. The van der Waals surface area contributed by atoms with Crippen LogP contribution in [0.25, 0.3) is 0 Å². The van der Waals surface area contributed by atoms with Gasteiger partial charge in [-0.1, -0.05) is 0 Å². The summed E-state index contributed by atoms with van der Waals surface area (Å²) in [6.07, 6.45) is -0.222. The average molecular weight is 332 g/mol. The maximum absolute atomic E-state index is 11.7. The first-order valence-electron chi connectivity index (χ1n) is 4.60. The van der Waals surface area contributed by atoms with Gasteiger partial charge in [0, 0.05) is 24.8 Å². The van der Waals surface area contributed by atoms with Crippen LogP contribution in [-0.4, -0.2) is 52.0 Å². The van der Waals surface area contributed by atoms with Crippen LogP contribution in [0.15, 0.2) is 0 Å². The molecule has 1 unspecified atom stereocenters. The molecule has 0 aliphatic rings. The molecule has 0 aliphatic carbocycles. The average Bonchev–Trinajstić information content (AvgIpc) is 2.17. The number of halogens is 2. The molecule has 0 fully saturated rings. The van der Waals surface area contributed by atoms with Gasteiger partial charge in [0.15, 0.2) is 0 Å².